The fourth-order valence-electron chi connectivity index (χ4n) is 3.70. The molecule has 0 amide bonds. The van der Waals surface area contributed by atoms with Gasteiger partial charge in [-0.05, 0) is 80.3 Å². The average Bonchev–Trinajstić information content (AvgIpc) is 2.57. The van der Waals surface area contributed by atoms with E-state index in [0.717, 1.165) is 30.9 Å². The Hall–Kier alpha value is -1.96. The summed E-state index contributed by atoms with van der Waals surface area (Å²) >= 11 is 0. The number of nitrogens with zero attached hydrogens (tertiary/aromatic N) is 1. The SMILES string of the molecule is CCN(CC)c1ccc(Cc2ccc3c(c2)CCCC3)cc1N. The van der Waals surface area contributed by atoms with E-state index < -0.39 is 0 Å². The van der Waals surface area contributed by atoms with Crippen molar-refractivity contribution in [1.82, 2.24) is 0 Å². The molecule has 2 N–H and O–H groups in total. The van der Waals surface area contributed by atoms with Crippen molar-refractivity contribution in [3.05, 3.63) is 58.7 Å². The van der Waals surface area contributed by atoms with Gasteiger partial charge in [-0.3, -0.25) is 0 Å². The van der Waals surface area contributed by atoms with Crippen LogP contribution in [0.1, 0.15) is 48.9 Å². The maximum absolute atomic E-state index is 6.30. The van der Waals surface area contributed by atoms with Gasteiger partial charge < -0.3 is 10.6 Å². The van der Waals surface area contributed by atoms with Gasteiger partial charge in [-0.2, -0.15) is 0 Å². The summed E-state index contributed by atoms with van der Waals surface area (Å²) in [6.45, 7) is 6.32. The van der Waals surface area contributed by atoms with E-state index in [-0.39, 0.29) is 0 Å². The van der Waals surface area contributed by atoms with Crippen molar-refractivity contribution in [2.45, 2.75) is 46.0 Å². The van der Waals surface area contributed by atoms with Gasteiger partial charge in [0, 0.05) is 13.1 Å². The van der Waals surface area contributed by atoms with Gasteiger partial charge in [0.1, 0.15) is 0 Å². The third kappa shape index (κ3) is 3.52. The van der Waals surface area contributed by atoms with Gasteiger partial charge in [0.15, 0.2) is 0 Å². The predicted molar refractivity (Wildman–Crippen MR) is 100 cm³/mol. The zero-order valence-corrected chi connectivity index (χ0v) is 14.4. The predicted octanol–water partition coefficient (Wildman–Crippen LogP) is 4.58. The van der Waals surface area contributed by atoms with Crippen molar-refractivity contribution in [1.29, 1.82) is 0 Å². The highest BCUT2D eigenvalue weighted by atomic mass is 15.1. The lowest BCUT2D eigenvalue weighted by Crippen LogP contribution is -2.22. The molecule has 3 rings (SSSR count). The Labute approximate surface area is 140 Å². The first kappa shape index (κ1) is 15.9. The molecule has 0 saturated carbocycles. The number of benzene rings is 2. The zero-order chi connectivity index (χ0) is 16.2. The molecular formula is C21H28N2. The Kier molecular flexibility index (Phi) is 4.90. The van der Waals surface area contributed by atoms with E-state index in [9.17, 15) is 0 Å². The molecule has 2 heteroatoms. The highest BCUT2D eigenvalue weighted by Gasteiger charge is 2.11. The zero-order valence-electron chi connectivity index (χ0n) is 14.4. The number of rotatable bonds is 5. The highest BCUT2D eigenvalue weighted by molar-refractivity contribution is 5.68. The summed E-state index contributed by atoms with van der Waals surface area (Å²) in [7, 11) is 0. The molecule has 0 saturated heterocycles. The summed E-state index contributed by atoms with van der Waals surface area (Å²) < 4.78 is 0. The normalized spacial score (nSPS) is 13.7. The average molecular weight is 308 g/mol. The number of hydrogen-bond donors (Lipinski definition) is 1. The smallest absolute Gasteiger partial charge is 0.0599 e. The molecule has 0 spiro atoms. The van der Waals surface area contributed by atoms with Gasteiger partial charge in [0.25, 0.3) is 0 Å². The highest BCUT2D eigenvalue weighted by Crippen LogP contribution is 2.27. The fourth-order valence-corrected chi connectivity index (χ4v) is 3.70. The third-order valence-electron chi connectivity index (χ3n) is 5.02. The minimum atomic E-state index is 0.893. The number of nitrogen functional groups attached to an aromatic ring is 1. The van der Waals surface area contributed by atoms with Crippen molar-refractivity contribution >= 4 is 11.4 Å². The molecular weight excluding hydrogens is 280 g/mol. The molecule has 0 fully saturated rings. The number of anilines is 2. The molecule has 2 aromatic carbocycles. The van der Waals surface area contributed by atoms with Crippen LogP contribution in [0.3, 0.4) is 0 Å². The molecule has 0 atom stereocenters. The van der Waals surface area contributed by atoms with E-state index in [1.165, 1.54) is 36.8 Å². The molecule has 0 heterocycles. The second kappa shape index (κ2) is 7.08. The maximum atomic E-state index is 6.30. The first-order chi connectivity index (χ1) is 11.2. The van der Waals surface area contributed by atoms with Crippen LogP contribution in [0.5, 0.6) is 0 Å². The third-order valence-corrected chi connectivity index (χ3v) is 5.02. The second-order valence-electron chi connectivity index (χ2n) is 6.55. The first-order valence-corrected chi connectivity index (χ1v) is 8.95. The van der Waals surface area contributed by atoms with Crippen LogP contribution in [0.15, 0.2) is 36.4 Å². The van der Waals surface area contributed by atoms with E-state index >= 15 is 0 Å². The first-order valence-electron chi connectivity index (χ1n) is 8.95. The molecule has 0 aliphatic heterocycles. The van der Waals surface area contributed by atoms with Crippen LogP contribution in [0.4, 0.5) is 11.4 Å². The lowest BCUT2D eigenvalue weighted by Gasteiger charge is -2.23. The van der Waals surface area contributed by atoms with Crippen molar-refractivity contribution < 1.29 is 0 Å². The van der Waals surface area contributed by atoms with Crippen LogP contribution >= 0.6 is 0 Å². The van der Waals surface area contributed by atoms with Crippen LogP contribution < -0.4 is 10.6 Å². The Balaban J connectivity index is 1.79. The summed E-state index contributed by atoms with van der Waals surface area (Å²) in [6, 6.07) is 13.6. The van der Waals surface area contributed by atoms with Gasteiger partial charge >= 0.3 is 0 Å². The van der Waals surface area contributed by atoms with E-state index in [1.54, 1.807) is 11.1 Å². The molecule has 0 aromatic heterocycles. The lowest BCUT2D eigenvalue weighted by molar-refractivity contribution is 0.684. The molecule has 1 aliphatic rings. The quantitative estimate of drug-likeness (QED) is 0.819. The topological polar surface area (TPSA) is 29.3 Å². The number of nitrogens with two attached hydrogens (primary N) is 1. The van der Waals surface area contributed by atoms with Crippen LogP contribution in [-0.2, 0) is 19.3 Å². The van der Waals surface area contributed by atoms with Gasteiger partial charge in [-0.25, -0.2) is 0 Å². The number of fused-ring (bicyclic) bond motifs is 1. The van der Waals surface area contributed by atoms with Gasteiger partial charge in [0.2, 0.25) is 0 Å². The monoisotopic (exact) mass is 308 g/mol. The Morgan fingerprint density at radius 3 is 2.22 bits per heavy atom. The molecule has 0 radical (unpaired) electrons. The summed E-state index contributed by atoms with van der Waals surface area (Å²) in [5.41, 5.74) is 14.2. The summed E-state index contributed by atoms with van der Waals surface area (Å²) in [6.07, 6.45) is 6.14. The standard InChI is InChI=1S/C21H28N2/c1-3-23(4-2)21-12-10-17(15-20(21)22)13-16-9-11-18-7-5-6-8-19(18)14-16/h9-12,14-15H,3-8,13,22H2,1-2H3. The molecule has 2 nitrogen and oxygen atoms in total. The summed E-state index contributed by atoms with van der Waals surface area (Å²) in [5, 5.41) is 0. The van der Waals surface area contributed by atoms with Gasteiger partial charge in [0.05, 0.1) is 11.4 Å². The lowest BCUT2D eigenvalue weighted by atomic mass is 9.89. The molecule has 122 valence electrons. The number of hydrogen-bond acceptors (Lipinski definition) is 2. The number of aryl methyl sites for hydroxylation is 2. The Bertz CT molecular complexity index is 672. The van der Waals surface area contributed by atoms with E-state index in [2.05, 4.69) is 55.1 Å². The van der Waals surface area contributed by atoms with Crippen LogP contribution in [0.2, 0.25) is 0 Å². The fraction of sp³-hybridized carbons (Fsp3) is 0.429. The minimum Gasteiger partial charge on any atom is -0.397 e. The van der Waals surface area contributed by atoms with Crippen molar-refractivity contribution in [2.24, 2.45) is 0 Å². The summed E-state index contributed by atoms with van der Waals surface area (Å²) in [5.74, 6) is 0. The summed E-state index contributed by atoms with van der Waals surface area (Å²) in [4.78, 5) is 2.30. The van der Waals surface area contributed by atoms with Crippen molar-refractivity contribution in [3.63, 3.8) is 0 Å². The molecule has 0 bridgehead atoms. The maximum Gasteiger partial charge on any atom is 0.0599 e. The van der Waals surface area contributed by atoms with Crippen LogP contribution in [-0.4, -0.2) is 13.1 Å². The van der Waals surface area contributed by atoms with E-state index in [1.807, 2.05) is 0 Å². The van der Waals surface area contributed by atoms with E-state index in [0.29, 0.717) is 0 Å². The Morgan fingerprint density at radius 2 is 1.52 bits per heavy atom. The molecule has 23 heavy (non-hydrogen) atoms. The second-order valence-corrected chi connectivity index (χ2v) is 6.55. The van der Waals surface area contributed by atoms with Gasteiger partial charge in [-0.15, -0.1) is 0 Å². The molecule has 2 aromatic rings. The molecule has 1 aliphatic carbocycles. The van der Waals surface area contributed by atoms with E-state index in [4.69, 9.17) is 5.73 Å². The van der Waals surface area contributed by atoms with Gasteiger partial charge in [-0.1, -0.05) is 24.3 Å². The largest absolute Gasteiger partial charge is 0.397 e. The minimum absolute atomic E-state index is 0.893. The molecule has 0 unspecified atom stereocenters. The van der Waals surface area contributed by atoms with Crippen molar-refractivity contribution in [3.8, 4) is 0 Å². The van der Waals surface area contributed by atoms with Crippen LogP contribution in [0.25, 0.3) is 0 Å². The van der Waals surface area contributed by atoms with Crippen LogP contribution in [0, 0.1) is 0 Å². The van der Waals surface area contributed by atoms with Crippen molar-refractivity contribution in [2.75, 3.05) is 23.7 Å². The Morgan fingerprint density at radius 1 is 0.870 bits per heavy atom.